The monoisotopic (exact) mass is 338 g/mol. The number of carbonyl (C=O) groups excluding carboxylic acids is 1. The van der Waals surface area contributed by atoms with E-state index >= 15 is 0 Å². The van der Waals surface area contributed by atoms with Crippen LogP contribution in [0.2, 0.25) is 5.02 Å². The van der Waals surface area contributed by atoms with Gasteiger partial charge in [0, 0.05) is 24.7 Å². The first-order valence-corrected chi connectivity index (χ1v) is 8.54. The zero-order valence-electron chi connectivity index (χ0n) is 14.7. The summed E-state index contributed by atoms with van der Waals surface area (Å²) in [6, 6.07) is 5.24. The molecule has 0 spiro atoms. The van der Waals surface area contributed by atoms with E-state index in [0.29, 0.717) is 28.9 Å². The summed E-state index contributed by atoms with van der Waals surface area (Å²) in [6.45, 7) is 8.78. The van der Waals surface area contributed by atoms with E-state index < -0.39 is 0 Å². The molecule has 1 amide bonds. The molecule has 128 valence electrons. The molecule has 0 saturated carbocycles. The molecule has 2 rings (SSSR count). The molecule has 1 unspecified atom stereocenters. The van der Waals surface area contributed by atoms with Crippen LogP contribution in [0.25, 0.3) is 0 Å². The summed E-state index contributed by atoms with van der Waals surface area (Å²) in [4.78, 5) is 16.8. The van der Waals surface area contributed by atoms with Crippen LogP contribution in [0, 0.1) is 5.92 Å². The fourth-order valence-electron chi connectivity index (χ4n) is 3.16. The minimum absolute atomic E-state index is 0.000279. The van der Waals surface area contributed by atoms with Crippen molar-refractivity contribution in [3.8, 4) is 5.75 Å². The van der Waals surface area contributed by atoms with E-state index in [2.05, 4.69) is 25.8 Å². The molecule has 0 bridgehead atoms. The third kappa shape index (κ3) is 3.81. The van der Waals surface area contributed by atoms with Crippen molar-refractivity contribution >= 4 is 17.5 Å². The zero-order chi connectivity index (χ0) is 17.2. The van der Waals surface area contributed by atoms with E-state index in [1.807, 2.05) is 14.0 Å². The van der Waals surface area contributed by atoms with Gasteiger partial charge in [-0.1, -0.05) is 11.6 Å². The van der Waals surface area contributed by atoms with Crippen LogP contribution in [0.1, 0.15) is 37.6 Å². The van der Waals surface area contributed by atoms with Gasteiger partial charge in [-0.2, -0.15) is 0 Å². The Morgan fingerprint density at radius 3 is 2.70 bits per heavy atom. The van der Waals surface area contributed by atoms with Gasteiger partial charge >= 0.3 is 0 Å². The van der Waals surface area contributed by atoms with E-state index in [4.69, 9.17) is 16.3 Å². The summed E-state index contributed by atoms with van der Waals surface area (Å²) in [5, 5.41) is 0.479. The topological polar surface area (TPSA) is 32.8 Å². The number of nitrogens with zero attached hydrogens (tertiary/aromatic N) is 2. The van der Waals surface area contributed by atoms with Crippen molar-refractivity contribution in [2.24, 2.45) is 5.92 Å². The molecule has 1 aromatic rings. The van der Waals surface area contributed by atoms with Gasteiger partial charge in [-0.05, 0) is 64.9 Å². The van der Waals surface area contributed by atoms with Crippen LogP contribution < -0.4 is 4.74 Å². The first kappa shape index (κ1) is 18.1. The second kappa shape index (κ2) is 7.10. The molecule has 0 N–H and O–H groups in total. The maximum absolute atomic E-state index is 12.7. The first-order chi connectivity index (χ1) is 10.8. The van der Waals surface area contributed by atoms with Crippen LogP contribution in [0.5, 0.6) is 5.75 Å². The molecule has 4 nitrogen and oxygen atoms in total. The van der Waals surface area contributed by atoms with Gasteiger partial charge in [-0.15, -0.1) is 0 Å². The fourth-order valence-corrected chi connectivity index (χ4v) is 3.39. The number of ether oxygens (including phenoxy) is 1. The first-order valence-electron chi connectivity index (χ1n) is 8.16. The summed E-state index contributed by atoms with van der Waals surface area (Å²) in [7, 11) is 4.01. The molecule has 0 radical (unpaired) electrons. The van der Waals surface area contributed by atoms with Crippen LogP contribution in [0.3, 0.4) is 0 Å². The molecule has 1 aromatic carbocycles. The zero-order valence-corrected chi connectivity index (χ0v) is 15.5. The summed E-state index contributed by atoms with van der Waals surface area (Å²) < 4.78 is 5.42. The van der Waals surface area contributed by atoms with Crippen molar-refractivity contribution in [3.05, 3.63) is 28.8 Å². The molecule has 0 aromatic heterocycles. The lowest BCUT2D eigenvalue weighted by atomic mass is 9.88. The second-order valence-corrected chi connectivity index (χ2v) is 7.23. The molecule has 5 heteroatoms. The Balaban J connectivity index is 2.07. The van der Waals surface area contributed by atoms with E-state index in [1.165, 1.54) is 0 Å². The van der Waals surface area contributed by atoms with E-state index in [0.717, 1.165) is 19.5 Å². The predicted molar refractivity (Wildman–Crippen MR) is 94.4 cm³/mol. The van der Waals surface area contributed by atoms with Crippen LogP contribution in [0.15, 0.2) is 18.2 Å². The summed E-state index contributed by atoms with van der Waals surface area (Å²) in [5.74, 6) is 1.09. The summed E-state index contributed by atoms with van der Waals surface area (Å²) in [6.07, 6.45) is 1.12. The van der Waals surface area contributed by atoms with Crippen molar-refractivity contribution in [2.45, 2.75) is 32.7 Å². The Hall–Kier alpha value is -1.26. The Labute approximate surface area is 144 Å². The number of amides is 1. The largest absolute Gasteiger partial charge is 0.492 e. The highest BCUT2D eigenvalue weighted by Gasteiger charge is 2.39. The number of hydrogen-bond donors (Lipinski definition) is 0. The highest BCUT2D eigenvalue weighted by molar-refractivity contribution is 6.32. The smallest absolute Gasteiger partial charge is 0.253 e. The maximum atomic E-state index is 12.7. The Morgan fingerprint density at radius 2 is 2.17 bits per heavy atom. The van der Waals surface area contributed by atoms with E-state index in [9.17, 15) is 4.79 Å². The average molecular weight is 339 g/mol. The summed E-state index contributed by atoms with van der Waals surface area (Å²) in [5.41, 5.74) is 0.718. The summed E-state index contributed by atoms with van der Waals surface area (Å²) >= 11 is 6.19. The fraction of sp³-hybridized carbons (Fsp3) is 0.611. The van der Waals surface area contributed by atoms with Gasteiger partial charge in [0.1, 0.15) is 5.75 Å². The molecule has 1 aliphatic heterocycles. The number of likely N-dealkylation sites (tertiary alicyclic amines) is 1. The molecule has 23 heavy (non-hydrogen) atoms. The average Bonchev–Trinajstić information content (AvgIpc) is 2.75. The lowest BCUT2D eigenvalue weighted by Crippen LogP contribution is -2.44. The van der Waals surface area contributed by atoms with Gasteiger partial charge in [0.05, 0.1) is 11.6 Å². The maximum Gasteiger partial charge on any atom is 0.253 e. The standard InChI is InChI=1S/C18H27ClN2O2/c1-6-23-16-8-7-13(11-15(16)19)17(22)20(4)12-14-9-10-21(5)18(14,2)3/h7-8,11,14H,6,9-10,12H2,1-5H3. The van der Waals surface area contributed by atoms with Gasteiger partial charge in [0.25, 0.3) is 5.91 Å². The van der Waals surface area contributed by atoms with Gasteiger partial charge in [0.15, 0.2) is 0 Å². The van der Waals surface area contributed by atoms with Crippen molar-refractivity contribution < 1.29 is 9.53 Å². The van der Waals surface area contributed by atoms with E-state index in [1.54, 1.807) is 23.1 Å². The molecular formula is C18H27ClN2O2. The highest BCUT2D eigenvalue weighted by Crippen LogP contribution is 2.34. The van der Waals surface area contributed by atoms with Crippen LogP contribution in [0.4, 0.5) is 0 Å². The minimum Gasteiger partial charge on any atom is -0.492 e. The van der Waals surface area contributed by atoms with Gasteiger partial charge in [0.2, 0.25) is 0 Å². The molecule has 1 aliphatic rings. The normalized spacial score (nSPS) is 20.5. The lowest BCUT2D eigenvalue weighted by Gasteiger charge is -2.35. The van der Waals surface area contributed by atoms with Crippen molar-refractivity contribution in [1.29, 1.82) is 0 Å². The second-order valence-electron chi connectivity index (χ2n) is 6.82. The highest BCUT2D eigenvalue weighted by atomic mass is 35.5. The van der Waals surface area contributed by atoms with Gasteiger partial charge < -0.3 is 14.5 Å². The quantitative estimate of drug-likeness (QED) is 0.823. The number of halogens is 1. The predicted octanol–water partition coefficient (Wildman–Crippen LogP) is 3.54. The number of carbonyl (C=O) groups is 1. The van der Waals surface area contributed by atoms with Crippen LogP contribution >= 0.6 is 11.6 Å². The van der Waals surface area contributed by atoms with Crippen molar-refractivity contribution in [2.75, 3.05) is 33.8 Å². The van der Waals surface area contributed by atoms with Crippen LogP contribution in [-0.4, -0.2) is 55.0 Å². The lowest BCUT2D eigenvalue weighted by molar-refractivity contribution is 0.0729. The van der Waals surface area contributed by atoms with Gasteiger partial charge in [-0.3, -0.25) is 4.79 Å². The third-order valence-corrected chi connectivity index (χ3v) is 5.41. The molecule has 1 saturated heterocycles. The number of hydrogen-bond acceptors (Lipinski definition) is 3. The van der Waals surface area contributed by atoms with Gasteiger partial charge in [-0.25, -0.2) is 0 Å². The molecule has 1 heterocycles. The third-order valence-electron chi connectivity index (χ3n) is 5.12. The molecule has 0 aliphatic carbocycles. The van der Waals surface area contributed by atoms with Crippen LogP contribution in [-0.2, 0) is 0 Å². The Kier molecular flexibility index (Phi) is 5.58. The van der Waals surface area contributed by atoms with Crippen molar-refractivity contribution in [3.63, 3.8) is 0 Å². The SMILES string of the molecule is CCOc1ccc(C(=O)N(C)CC2CCN(C)C2(C)C)cc1Cl. The Bertz CT molecular complexity index is 574. The molecule has 1 atom stereocenters. The molecular weight excluding hydrogens is 312 g/mol. The minimum atomic E-state index is 0.000279. The Morgan fingerprint density at radius 1 is 1.48 bits per heavy atom. The number of rotatable bonds is 5. The van der Waals surface area contributed by atoms with E-state index in [-0.39, 0.29) is 11.4 Å². The van der Waals surface area contributed by atoms with Crippen molar-refractivity contribution in [1.82, 2.24) is 9.80 Å². The number of benzene rings is 1. The molecule has 1 fully saturated rings.